The van der Waals surface area contributed by atoms with E-state index in [4.69, 9.17) is 4.42 Å². The molecule has 3 rings (SSSR count). The van der Waals surface area contributed by atoms with Gasteiger partial charge >= 0.3 is 0 Å². The maximum Gasteiger partial charge on any atom is 0.233 e. The van der Waals surface area contributed by atoms with Crippen molar-refractivity contribution in [3.63, 3.8) is 0 Å². The predicted octanol–water partition coefficient (Wildman–Crippen LogP) is 3.37. The van der Waals surface area contributed by atoms with Crippen molar-refractivity contribution in [3.8, 4) is 11.6 Å². The Bertz CT molecular complexity index is 859. The number of aromatic nitrogens is 3. The van der Waals surface area contributed by atoms with Gasteiger partial charge in [0.25, 0.3) is 0 Å². The molecule has 0 aliphatic heterocycles. The molecule has 2 heterocycles. The highest BCUT2D eigenvalue weighted by Gasteiger charge is 2.21. The Morgan fingerprint density at radius 2 is 2.12 bits per heavy atom. The number of hydrogen-bond donors (Lipinski definition) is 1. The van der Waals surface area contributed by atoms with Gasteiger partial charge in [-0.1, -0.05) is 48.2 Å². The number of carbonyl (C=O) groups is 1. The second-order valence-corrected chi connectivity index (χ2v) is 6.96. The van der Waals surface area contributed by atoms with Crippen LogP contribution in [0.15, 0.2) is 71.0 Å². The molecule has 134 valence electrons. The Hall–Kier alpha value is -2.80. The maximum absolute atomic E-state index is 12.2. The van der Waals surface area contributed by atoms with Crippen molar-refractivity contribution in [3.05, 3.63) is 66.9 Å². The van der Waals surface area contributed by atoms with Gasteiger partial charge in [0.05, 0.1) is 18.1 Å². The predicted molar refractivity (Wildman–Crippen MR) is 102 cm³/mol. The molecule has 0 bridgehead atoms. The molecule has 0 spiro atoms. The summed E-state index contributed by atoms with van der Waals surface area (Å²) in [4.78, 5) is 12.2. The first-order valence-electron chi connectivity index (χ1n) is 8.25. The molecule has 2 aromatic heterocycles. The van der Waals surface area contributed by atoms with Crippen molar-refractivity contribution in [2.75, 3.05) is 6.54 Å². The van der Waals surface area contributed by atoms with E-state index in [1.54, 1.807) is 12.3 Å². The highest BCUT2D eigenvalue weighted by Crippen LogP contribution is 2.28. The lowest BCUT2D eigenvalue weighted by Gasteiger charge is -2.13. The average Bonchev–Trinajstić information content (AvgIpc) is 3.31. The molecule has 3 aromatic rings. The molecule has 0 fully saturated rings. The Morgan fingerprint density at radius 3 is 2.81 bits per heavy atom. The van der Waals surface area contributed by atoms with Gasteiger partial charge in [-0.15, -0.1) is 16.8 Å². The molecule has 1 atom stereocenters. The van der Waals surface area contributed by atoms with Gasteiger partial charge < -0.3 is 9.73 Å². The third-order valence-electron chi connectivity index (χ3n) is 3.71. The van der Waals surface area contributed by atoms with Crippen molar-refractivity contribution in [2.45, 2.75) is 23.9 Å². The summed E-state index contributed by atoms with van der Waals surface area (Å²) in [5.41, 5.74) is 1.12. The van der Waals surface area contributed by atoms with Gasteiger partial charge in [0.2, 0.25) is 11.7 Å². The average molecular weight is 368 g/mol. The van der Waals surface area contributed by atoms with Gasteiger partial charge in [-0.2, -0.15) is 0 Å². The fourth-order valence-corrected chi connectivity index (χ4v) is 3.27. The minimum atomic E-state index is -0.307. The molecule has 1 N–H and O–H groups in total. The fraction of sp³-hybridized carbons (Fsp3) is 0.211. The molecule has 26 heavy (non-hydrogen) atoms. The van der Waals surface area contributed by atoms with Gasteiger partial charge in [0, 0.05) is 6.54 Å². The number of thioether (sulfide) groups is 1. The lowest BCUT2D eigenvalue weighted by molar-refractivity contribution is -0.120. The van der Waals surface area contributed by atoms with E-state index in [1.165, 1.54) is 11.8 Å². The van der Waals surface area contributed by atoms with Crippen LogP contribution in [0.5, 0.6) is 0 Å². The number of benzene rings is 1. The van der Waals surface area contributed by atoms with Crippen LogP contribution < -0.4 is 5.32 Å². The second-order valence-electron chi connectivity index (χ2n) is 5.65. The summed E-state index contributed by atoms with van der Waals surface area (Å²) < 4.78 is 7.46. The highest BCUT2D eigenvalue weighted by atomic mass is 32.2. The van der Waals surface area contributed by atoms with Crippen LogP contribution in [-0.2, 0) is 11.3 Å². The summed E-state index contributed by atoms with van der Waals surface area (Å²) in [5.74, 6) is 1.22. The Morgan fingerprint density at radius 1 is 1.31 bits per heavy atom. The van der Waals surface area contributed by atoms with Crippen LogP contribution >= 0.6 is 11.8 Å². The van der Waals surface area contributed by atoms with Crippen LogP contribution in [0.4, 0.5) is 0 Å². The number of furan rings is 1. The minimum Gasteiger partial charge on any atom is -0.461 e. The van der Waals surface area contributed by atoms with Crippen molar-refractivity contribution in [1.29, 1.82) is 0 Å². The number of carbonyl (C=O) groups excluding carboxylic acids is 1. The summed E-state index contributed by atoms with van der Waals surface area (Å²) in [5, 5.41) is 11.7. The van der Waals surface area contributed by atoms with Crippen LogP contribution in [0.3, 0.4) is 0 Å². The van der Waals surface area contributed by atoms with E-state index in [0.29, 0.717) is 29.8 Å². The monoisotopic (exact) mass is 368 g/mol. The SMILES string of the molecule is C=CCNC(=O)[C@H](C)Sc1nnc(-c2ccco2)n1Cc1ccccc1. The first-order valence-corrected chi connectivity index (χ1v) is 9.13. The summed E-state index contributed by atoms with van der Waals surface area (Å²) >= 11 is 1.37. The molecule has 1 amide bonds. The molecule has 0 saturated heterocycles. The molecule has 0 unspecified atom stereocenters. The quantitative estimate of drug-likeness (QED) is 0.487. The number of rotatable bonds is 8. The molecule has 0 radical (unpaired) electrons. The van der Waals surface area contributed by atoms with Crippen molar-refractivity contribution in [2.24, 2.45) is 0 Å². The summed E-state index contributed by atoms with van der Waals surface area (Å²) in [6.45, 7) is 6.49. The minimum absolute atomic E-state index is 0.0660. The third-order valence-corrected chi connectivity index (χ3v) is 4.79. The van der Waals surface area contributed by atoms with E-state index < -0.39 is 0 Å². The summed E-state index contributed by atoms with van der Waals surface area (Å²) in [6.07, 6.45) is 3.26. The number of nitrogens with one attached hydrogen (secondary N) is 1. The van der Waals surface area contributed by atoms with Crippen LogP contribution in [0, 0.1) is 0 Å². The largest absolute Gasteiger partial charge is 0.461 e. The van der Waals surface area contributed by atoms with Crippen LogP contribution in [-0.4, -0.2) is 32.5 Å². The molecule has 6 nitrogen and oxygen atoms in total. The molecular formula is C19H20N4O2S. The smallest absolute Gasteiger partial charge is 0.233 e. The second kappa shape index (κ2) is 8.53. The Balaban J connectivity index is 1.87. The first-order chi connectivity index (χ1) is 12.7. The van der Waals surface area contributed by atoms with Gasteiger partial charge in [-0.25, -0.2) is 0 Å². The molecule has 0 aliphatic carbocycles. The molecule has 0 aliphatic rings. The topological polar surface area (TPSA) is 73.0 Å². The standard InChI is InChI=1S/C19H20N4O2S/c1-3-11-20-18(24)14(2)26-19-22-21-17(16-10-7-12-25-16)23(19)13-15-8-5-4-6-9-15/h3-10,12,14H,1,11,13H2,2H3,(H,20,24)/t14-/m0/s1. The van der Waals surface area contributed by atoms with E-state index in [0.717, 1.165) is 5.56 Å². The zero-order valence-electron chi connectivity index (χ0n) is 14.5. The van der Waals surface area contributed by atoms with E-state index >= 15 is 0 Å². The van der Waals surface area contributed by atoms with Gasteiger partial charge in [-0.05, 0) is 24.6 Å². The number of hydrogen-bond acceptors (Lipinski definition) is 5. The van der Waals surface area contributed by atoms with Crippen LogP contribution in [0.1, 0.15) is 12.5 Å². The normalized spacial score (nSPS) is 11.9. The fourth-order valence-electron chi connectivity index (χ4n) is 2.40. The number of nitrogens with zero attached hydrogens (tertiary/aromatic N) is 3. The highest BCUT2D eigenvalue weighted by molar-refractivity contribution is 8.00. The Kier molecular flexibility index (Phi) is 5.91. The van der Waals surface area contributed by atoms with Crippen LogP contribution in [0.2, 0.25) is 0 Å². The summed E-state index contributed by atoms with van der Waals surface area (Å²) in [7, 11) is 0. The zero-order chi connectivity index (χ0) is 18.4. The van der Waals surface area contributed by atoms with Crippen molar-refractivity contribution >= 4 is 17.7 Å². The van der Waals surface area contributed by atoms with E-state index in [2.05, 4.69) is 22.1 Å². The van der Waals surface area contributed by atoms with Crippen LogP contribution in [0.25, 0.3) is 11.6 Å². The molecule has 0 saturated carbocycles. The van der Waals surface area contributed by atoms with Gasteiger partial charge in [0.15, 0.2) is 10.9 Å². The van der Waals surface area contributed by atoms with E-state index in [-0.39, 0.29) is 11.2 Å². The molecular weight excluding hydrogens is 348 g/mol. The number of amides is 1. The zero-order valence-corrected chi connectivity index (χ0v) is 15.3. The van der Waals surface area contributed by atoms with Gasteiger partial charge in [0.1, 0.15) is 0 Å². The third kappa shape index (κ3) is 4.23. The summed E-state index contributed by atoms with van der Waals surface area (Å²) in [6, 6.07) is 13.7. The maximum atomic E-state index is 12.2. The Labute approximate surface area is 156 Å². The molecule has 1 aromatic carbocycles. The lowest BCUT2D eigenvalue weighted by atomic mass is 10.2. The van der Waals surface area contributed by atoms with Crippen molar-refractivity contribution < 1.29 is 9.21 Å². The van der Waals surface area contributed by atoms with Crippen molar-refractivity contribution in [1.82, 2.24) is 20.1 Å². The lowest BCUT2D eigenvalue weighted by Crippen LogP contribution is -2.31. The molecule has 7 heteroatoms. The van der Waals surface area contributed by atoms with E-state index in [1.807, 2.05) is 54.0 Å². The van der Waals surface area contributed by atoms with Gasteiger partial charge in [-0.3, -0.25) is 9.36 Å². The first kappa shape index (κ1) is 18.0. The van der Waals surface area contributed by atoms with E-state index in [9.17, 15) is 4.79 Å².